The van der Waals surface area contributed by atoms with Gasteiger partial charge in [-0.15, -0.1) is 0 Å². The molecule has 0 amide bonds. The Morgan fingerprint density at radius 1 is 1.33 bits per heavy atom. The molecule has 0 fully saturated rings. The van der Waals surface area contributed by atoms with Gasteiger partial charge in [-0.05, 0) is 23.1 Å². The van der Waals surface area contributed by atoms with Crippen molar-refractivity contribution in [3.05, 3.63) is 33.8 Å². The average molecular weight is 292 g/mol. The van der Waals surface area contributed by atoms with Crippen molar-refractivity contribution < 1.29 is 0 Å². The molecule has 66 valence electrons. The van der Waals surface area contributed by atoms with Crippen LogP contribution < -0.4 is 0 Å². The van der Waals surface area contributed by atoms with Crippen molar-refractivity contribution in [3.63, 3.8) is 0 Å². The third-order valence-corrected chi connectivity index (χ3v) is 3.26. The van der Waals surface area contributed by atoms with Crippen molar-refractivity contribution in [1.82, 2.24) is 0 Å². The Kier molecular flexibility index (Phi) is 3.78. The van der Waals surface area contributed by atoms with Crippen molar-refractivity contribution in [1.29, 1.82) is 0 Å². The molecule has 1 aromatic carbocycles. The van der Waals surface area contributed by atoms with Crippen LogP contribution in [0.3, 0.4) is 0 Å². The maximum absolute atomic E-state index is 3.51. The van der Waals surface area contributed by atoms with Crippen LogP contribution in [0.5, 0.6) is 0 Å². The third kappa shape index (κ3) is 2.33. The molecule has 1 aromatic rings. The Hall–Kier alpha value is 0.180. The molecule has 0 N–H and O–H groups in total. The molecular weight excluding hydrogens is 280 g/mol. The topological polar surface area (TPSA) is 0 Å². The van der Waals surface area contributed by atoms with Crippen molar-refractivity contribution >= 4 is 31.9 Å². The van der Waals surface area contributed by atoms with Crippen LogP contribution >= 0.6 is 31.9 Å². The Bertz CT molecular complexity index is 267. The lowest BCUT2D eigenvalue weighted by molar-refractivity contribution is 0.864. The molecule has 0 aliphatic heterocycles. The molecule has 0 heterocycles. The fourth-order valence-corrected chi connectivity index (χ4v) is 2.28. The first-order chi connectivity index (χ1) is 5.65. The average Bonchev–Trinajstić information content (AvgIpc) is 2.05. The van der Waals surface area contributed by atoms with Gasteiger partial charge in [-0.1, -0.05) is 57.8 Å². The van der Waals surface area contributed by atoms with Crippen molar-refractivity contribution in [2.24, 2.45) is 0 Å². The molecule has 1 rings (SSSR count). The molecule has 0 aliphatic rings. The molecule has 2 heteroatoms. The van der Waals surface area contributed by atoms with Crippen LogP contribution in [0, 0.1) is 0 Å². The lowest BCUT2D eigenvalue weighted by atomic mass is 10.0. The quantitative estimate of drug-likeness (QED) is 0.706. The highest BCUT2D eigenvalue weighted by atomic mass is 79.9. The molecule has 0 aromatic heterocycles. The number of halogens is 2. The van der Waals surface area contributed by atoms with Gasteiger partial charge >= 0.3 is 0 Å². The summed E-state index contributed by atoms with van der Waals surface area (Å²) < 4.78 is 1.18. The molecule has 0 aliphatic carbocycles. The summed E-state index contributed by atoms with van der Waals surface area (Å²) in [4.78, 5) is 0. The second kappa shape index (κ2) is 4.43. The predicted molar refractivity (Wildman–Crippen MR) is 60.9 cm³/mol. The third-order valence-electron chi connectivity index (χ3n) is 1.88. The SMILES string of the molecule is CC(C)c1ccc(Br)c(CBr)c1. The monoisotopic (exact) mass is 290 g/mol. The number of alkyl halides is 1. The largest absolute Gasteiger partial charge is 0.0876 e. The lowest BCUT2D eigenvalue weighted by Crippen LogP contribution is -1.89. The second-order valence-electron chi connectivity index (χ2n) is 3.14. The van der Waals surface area contributed by atoms with E-state index in [0.29, 0.717) is 5.92 Å². The van der Waals surface area contributed by atoms with Gasteiger partial charge < -0.3 is 0 Å². The van der Waals surface area contributed by atoms with E-state index in [1.165, 1.54) is 15.6 Å². The van der Waals surface area contributed by atoms with Gasteiger partial charge in [0, 0.05) is 9.80 Å². The number of hydrogen-bond donors (Lipinski definition) is 0. The molecule has 0 bridgehead atoms. The zero-order valence-electron chi connectivity index (χ0n) is 7.27. The number of hydrogen-bond acceptors (Lipinski definition) is 0. The minimum absolute atomic E-state index is 0.607. The van der Waals surface area contributed by atoms with E-state index in [-0.39, 0.29) is 0 Å². The van der Waals surface area contributed by atoms with Crippen molar-refractivity contribution in [2.45, 2.75) is 25.1 Å². The Morgan fingerprint density at radius 2 is 2.00 bits per heavy atom. The van der Waals surface area contributed by atoms with Gasteiger partial charge in [0.1, 0.15) is 0 Å². The zero-order valence-corrected chi connectivity index (χ0v) is 10.4. The lowest BCUT2D eigenvalue weighted by Gasteiger charge is -2.08. The van der Waals surface area contributed by atoms with Crippen LogP contribution in [0.1, 0.15) is 30.9 Å². The Balaban J connectivity index is 3.05. The van der Waals surface area contributed by atoms with E-state index in [4.69, 9.17) is 0 Å². The summed E-state index contributed by atoms with van der Waals surface area (Å²) in [7, 11) is 0. The van der Waals surface area contributed by atoms with Crippen molar-refractivity contribution in [2.75, 3.05) is 0 Å². The van der Waals surface area contributed by atoms with E-state index in [9.17, 15) is 0 Å². The highest BCUT2D eigenvalue weighted by Gasteiger charge is 2.02. The van der Waals surface area contributed by atoms with E-state index in [1.54, 1.807) is 0 Å². The van der Waals surface area contributed by atoms with Crippen LogP contribution in [0.15, 0.2) is 22.7 Å². The Labute approximate surface area is 90.6 Å². The molecule has 0 atom stereocenters. The van der Waals surface area contributed by atoms with Gasteiger partial charge in [0.2, 0.25) is 0 Å². The Morgan fingerprint density at radius 3 is 2.50 bits per heavy atom. The highest BCUT2D eigenvalue weighted by Crippen LogP contribution is 2.24. The van der Waals surface area contributed by atoms with Crippen LogP contribution in [0.4, 0.5) is 0 Å². The van der Waals surface area contributed by atoms with Gasteiger partial charge in [-0.3, -0.25) is 0 Å². The molecule has 0 unspecified atom stereocenters. The molecule has 0 saturated carbocycles. The normalized spacial score (nSPS) is 10.8. The molecule has 0 saturated heterocycles. The summed E-state index contributed by atoms with van der Waals surface area (Å²) >= 11 is 6.97. The summed E-state index contributed by atoms with van der Waals surface area (Å²) in [5.74, 6) is 0.607. The highest BCUT2D eigenvalue weighted by molar-refractivity contribution is 9.10. The van der Waals surface area contributed by atoms with Crippen LogP contribution in [0.2, 0.25) is 0 Å². The van der Waals surface area contributed by atoms with Gasteiger partial charge in [-0.25, -0.2) is 0 Å². The summed E-state index contributed by atoms with van der Waals surface area (Å²) in [6, 6.07) is 6.52. The minimum atomic E-state index is 0.607. The summed E-state index contributed by atoms with van der Waals surface area (Å²) in [6.07, 6.45) is 0. The first-order valence-electron chi connectivity index (χ1n) is 3.99. The van der Waals surface area contributed by atoms with E-state index in [2.05, 4.69) is 63.9 Å². The van der Waals surface area contributed by atoms with Crippen LogP contribution in [0.25, 0.3) is 0 Å². The standard InChI is InChI=1S/C10H12Br2/c1-7(2)8-3-4-10(12)9(5-8)6-11/h3-5,7H,6H2,1-2H3. The minimum Gasteiger partial charge on any atom is -0.0876 e. The zero-order chi connectivity index (χ0) is 9.14. The first-order valence-corrected chi connectivity index (χ1v) is 5.91. The predicted octanol–water partition coefficient (Wildman–Crippen LogP) is 4.47. The summed E-state index contributed by atoms with van der Waals surface area (Å²) in [6.45, 7) is 4.42. The second-order valence-corrected chi connectivity index (χ2v) is 4.55. The van der Waals surface area contributed by atoms with Gasteiger partial charge in [0.15, 0.2) is 0 Å². The van der Waals surface area contributed by atoms with E-state index < -0.39 is 0 Å². The fraction of sp³-hybridized carbons (Fsp3) is 0.400. The smallest absolute Gasteiger partial charge is 0.0294 e. The van der Waals surface area contributed by atoms with Gasteiger partial charge in [-0.2, -0.15) is 0 Å². The van der Waals surface area contributed by atoms with Crippen LogP contribution in [-0.2, 0) is 5.33 Å². The van der Waals surface area contributed by atoms with E-state index >= 15 is 0 Å². The van der Waals surface area contributed by atoms with E-state index in [1.807, 2.05) is 0 Å². The van der Waals surface area contributed by atoms with E-state index in [0.717, 1.165) is 5.33 Å². The van der Waals surface area contributed by atoms with Gasteiger partial charge in [0.25, 0.3) is 0 Å². The molecule has 0 radical (unpaired) electrons. The summed E-state index contributed by atoms with van der Waals surface area (Å²) in [5.41, 5.74) is 2.72. The molecule has 0 nitrogen and oxygen atoms in total. The van der Waals surface area contributed by atoms with Gasteiger partial charge in [0.05, 0.1) is 0 Å². The number of benzene rings is 1. The maximum atomic E-state index is 3.51. The molecule has 12 heavy (non-hydrogen) atoms. The first kappa shape index (κ1) is 10.3. The maximum Gasteiger partial charge on any atom is 0.0294 e. The molecule has 0 spiro atoms. The molecular formula is C10H12Br2. The summed E-state index contributed by atoms with van der Waals surface area (Å²) in [5, 5.41) is 0.911. The van der Waals surface area contributed by atoms with Crippen LogP contribution in [-0.4, -0.2) is 0 Å². The van der Waals surface area contributed by atoms with Crippen molar-refractivity contribution in [3.8, 4) is 0 Å². The number of rotatable bonds is 2. The fourth-order valence-electron chi connectivity index (χ4n) is 1.06.